The standard InChI is InChI=1S/C5H5N3S2/c1-4(6-3-9)5-2-10-8-7-5/h2,4H,1H3. The topological polar surface area (TPSA) is 38.1 Å². The third-order valence-electron chi connectivity index (χ3n) is 1.05. The van der Waals surface area contributed by atoms with Gasteiger partial charge in [-0.15, -0.1) is 5.10 Å². The Balaban J connectivity index is 2.76. The van der Waals surface area contributed by atoms with Crippen LogP contribution in [0.4, 0.5) is 0 Å². The van der Waals surface area contributed by atoms with E-state index in [-0.39, 0.29) is 6.04 Å². The maximum absolute atomic E-state index is 4.44. The fourth-order valence-corrected chi connectivity index (χ4v) is 1.20. The van der Waals surface area contributed by atoms with Crippen LogP contribution < -0.4 is 0 Å². The molecule has 1 rings (SSSR count). The molecule has 0 bridgehead atoms. The van der Waals surface area contributed by atoms with E-state index < -0.39 is 0 Å². The van der Waals surface area contributed by atoms with Crippen molar-refractivity contribution < 1.29 is 0 Å². The predicted octanol–water partition coefficient (Wildman–Crippen LogP) is 1.70. The van der Waals surface area contributed by atoms with Crippen molar-refractivity contribution in [2.45, 2.75) is 13.0 Å². The van der Waals surface area contributed by atoms with Crippen molar-refractivity contribution in [3.8, 4) is 0 Å². The van der Waals surface area contributed by atoms with Crippen LogP contribution in [0.5, 0.6) is 0 Å². The second kappa shape index (κ2) is 3.51. The zero-order chi connectivity index (χ0) is 7.40. The lowest BCUT2D eigenvalue weighted by molar-refractivity contribution is 0.781. The van der Waals surface area contributed by atoms with Gasteiger partial charge in [-0.2, -0.15) is 0 Å². The Labute approximate surface area is 68.0 Å². The summed E-state index contributed by atoms with van der Waals surface area (Å²) < 4.78 is 3.70. The van der Waals surface area contributed by atoms with E-state index in [0.717, 1.165) is 5.69 Å². The fourth-order valence-electron chi connectivity index (χ4n) is 0.499. The molecule has 0 aromatic carbocycles. The molecule has 0 aliphatic carbocycles. The van der Waals surface area contributed by atoms with Crippen LogP contribution in [0.25, 0.3) is 0 Å². The summed E-state index contributed by atoms with van der Waals surface area (Å²) in [5.41, 5.74) is 0.849. The Bertz CT molecular complexity index is 237. The molecule has 0 saturated heterocycles. The van der Waals surface area contributed by atoms with E-state index in [1.165, 1.54) is 11.5 Å². The number of rotatable bonds is 2. The van der Waals surface area contributed by atoms with Gasteiger partial charge in [0.1, 0.15) is 11.7 Å². The molecule has 52 valence electrons. The van der Waals surface area contributed by atoms with Crippen LogP contribution in [0.15, 0.2) is 10.4 Å². The van der Waals surface area contributed by atoms with E-state index in [2.05, 4.69) is 32.0 Å². The molecule has 0 spiro atoms. The van der Waals surface area contributed by atoms with Gasteiger partial charge in [-0.3, -0.25) is 0 Å². The summed E-state index contributed by atoms with van der Waals surface area (Å²) in [4.78, 5) is 3.84. The number of aromatic nitrogens is 2. The number of isothiocyanates is 1. The molecule has 3 nitrogen and oxygen atoms in total. The van der Waals surface area contributed by atoms with Crippen molar-refractivity contribution in [2.75, 3.05) is 0 Å². The highest BCUT2D eigenvalue weighted by Gasteiger charge is 2.03. The molecular weight excluding hydrogens is 166 g/mol. The van der Waals surface area contributed by atoms with Gasteiger partial charge < -0.3 is 0 Å². The van der Waals surface area contributed by atoms with Gasteiger partial charge >= 0.3 is 0 Å². The van der Waals surface area contributed by atoms with Crippen molar-refractivity contribution in [3.63, 3.8) is 0 Å². The van der Waals surface area contributed by atoms with Gasteiger partial charge in [0.2, 0.25) is 0 Å². The predicted molar refractivity (Wildman–Crippen MR) is 43.4 cm³/mol. The first-order chi connectivity index (χ1) is 4.84. The minimum Gasteiger partial charge on any atom is -0.223 e. The first kappa shape index (κ1) is 7.47. The Morgan fingerprint density at radius 1 is 1.90 bits per heavy atom. The molecule has 0 N–H and O–H groups in total. The average Bonchev–Trinajstić information content (AvgIpc) is 2.38. The maximum Gasteiger partial charge on any atom is 0.102 e. The molecule has 1 atom stereocenters. The van der Waals surface area contributed by atoms with Crippen molar-refractivity contribution in [1.29, 1.82) is 0 Å². The van der Waals surface area contributed by atoms with Gasteiger partial charge in [-0.25, -0.2) is 4.99 Å². The van der Waals surface area contributed by atoms with Crippen LogP contribution in [0.2, 0.25) is 0 Å². The Hall–Kier alpha value is -0.640. The summed E-state index contributed by atoms with van der Waals surface area (Å²) in [5.74, 6) is 0. The first-order valence-corrected chi connectivity index (χ1v) is 3.93. The Morgan fingerprint density at radius 3 is 3.20 bits per heavy atom. The highest BCUT2D eigenvalue weighted by Crippen LogP contribution is 2.12. The molecule has 0 aliphatic heterocycles. The lowest BCUT2D eigenvalue weighted by Gasteiger charge is -1.94. The minimum atomic E-state index is -0.00347. The van der Waals surface area contributed by atoms with Crippen LogP contribution in [-0.4, -0.2) is 14.7 Å². The molecule has 0 saturated carbocycles. The summed E-state index contributed by atoms with van der Waals surface area (Å²) in [6.07, 6.45) is 0. The van der Waals surface area contributed by atoms with E-state index in [9.17, 15) is 0 Å². The Morgan fingerprint density at radius 2 is 2.70 bits per heavy atom. The smallest absolute Gasteiger partial charge is 0.102 e. The molecule has 1 aromatic heterocycles. The van der Waals surface area contributed by atoms with Crippen molar-refractivity contribution in [1.82, 2.24) is 9.59 Å². The van der Waals surface area contributed by atoms with Gasteiger partial charge in [-0.05, 0) is 30.7 Å². The van der Waals surface area contributed by atoms with E-state index >= 15 is 0 Å². The van der Waals surface area contributed by atoms with E-state index in [1.807, 2.05) is 12.3 Å². The number of hydrogen-bond donors (Lipinski definition) is 0. The molecule has 1 unspecified atom stereocenters. The second-order valence-electron chi connectivity index (χ2n) is 1.73. The number of thiocarbonyl (C=S) groups is 1. The quantitative estimate of drug-likeness (QED) is 0.502. The lowest BCUT2D eigenvalue weighted by atomic mass is 10.3. The maximum atomic E-state index is 4.44. The third-order valence-corrected chi connectivity index (χ3v) is 1.68. The number of aliphatic imine (C=N–C) groups is 1. The number of nitrogens with zero attached hydrogens (tertiary/aromatic N) is 3. The van der Waals surface area contributed by atoms with Gasteiger partial charge in [0.15, 0.2) is 0 Å². The van der Waals surface area contributed by atoms with Crippen LogP contribution in [0.1, 0.15) is 18.7 Å². The zero-order valence-electron chi connectivity index (χ0n) is 5.31. The summed E-state index contributed by atoms with van der Waals surface area (Å²) in [5, 5.41) is 7.97. The normalized spacial score (nSPS) is 12.1. The molecule has 0 radical (unpaired) electrons. The van der Waals surface area contributed by atoms with E-state index in [1.54, 1.807) is 0 Å². The zero-order valence-corrected chi connectivity index (χ0v) is 6.95. The van der Waals surface area contributed by atoms with Gasteiger partial charge in [0.25, 0.3) is 0 Å². The van der Waals surface area contributed by atoms with Crippen molar-refractivity contribution >= 4 is 28.9 Å². The minimum absolute atomic E-state index is 0.00347. The second-order valence-corrected chi connectivity index (χ2v) is 2.52. The average molecular weight is 171 g/mol. The van der Waals surface area contributed by atoms with Gasteiger partial charge in [0, 0.05) is 5.38 Å². The molecular formula is C5H5N3S2. The molecule has 1 heterocycles. The summed E-state index contributed by atoms with van der Waals surface area (Å²) in [7, 11) is 0. The van der Waals surface area contributed by atoms with Gasteiger partial charge in [-0.1, -0.05) is 4.49 Å². The van der Waals surface area contributed by atoms with Crippen LogP contribution in [0, 0.1) is 0 Å². The first-order valence-electron chi connectivity index (χ1n) is 2.68. The fraction of sp³-hybridized carbons (Fsp3) is 0.400. The lowest BCUT2D eigenvalue weighted by Crippen LogP contribution is -1.88. The van der Waals surface area contributed by atoms with E-state index in [4.69, 9.17) is 0 Å². The molecule has 0 amide bonds. The van der Waals surface area contributed by atoms with Gasteiger partial charge in [0.05, 0.1) is 5.16 Å². The van der Waals surface area contributed by atoms with Crippen molar-refractivity contribution in [2.24, 2.45) is 4.99 Å². The van der Waals surface area contributed by atoms with E-state index in [0.29, 0.717) is 0 Å². The molecule has 10 heavy (non-hydrogen) atoms. The number of hydrogen-bond acceptors (Lipinski definition) is 5. The van der Waals surface area contributed by atoms with Crippen LogP contribution in [-0.2, 0) is 0 Å². The summed E-state index contributed by atoms with van der Waals surface area (Å²) in [6.45, 7) is 1.90. The highest BCUT2D eigenvalue weighted by atomic mass is 32.1. The molecule has 0 fully saturated rings. The Kier molecular flexibility index (Phi) is 2.62. The third kappa shape index (κ3) is 1.67. The summed E-state index contributed by atoms with van der Waals surface area (Å²) >= 11 is 5.75. The summed E-state index contributed by atoms with van der Waals surface area (Å²) in [6, 6.07) is -0.00347. The highest BCUT2D eigenvalue weighted by molar-refractivity contribution is 7.78. The van der Waals surface area contributed by atoms with Crippen LogP contribution in [0.3, 0.4) is 0 Å². The monoisotopic (exact) mass is 171 g/mol. The van der Waals surface area contributed by atoms with Crippen LogP contribution >= 0.6 is 23.8 Å². The largest absolute Gasteiger partial charge is 0.223 e. The molecule has 0 aliphatic rings. The molecule has 1 aromatic rings. The van der Waals surface area contributed by atoms with Crippen molar-refractivity contribution in [3.05, 3.63) is 11.1 Å². The SMILES string of the molecule is CC(N=C=S)c1csnn1. The molecule has 5 heteroatoms.